The van der Waals surface area contributed by atoms with Crippen LogP contribution in [0.4, 0.5) is 5.69 Å². The second kappa shape index (κ2) is 7.28. The highest BCUT2D eigenvalue weighted by atomic mass is 16.5. The minimum Gasteiger partial charge on any atom is -0.490 e. The molecule has 0 bridgehead atoms. The minimum atomic E-state index is -0.767. The summed E-state index contributed by atoms with van der Waals surface area (Å²) in [4.78, 5) is 14.1. The highest BCUT2D eigenvalue weighted by Gasteiger charge is 2.22. The first-order valence-electron chi connectivity index (χ1n) is 8.90. The number of benzene rings is 2. The molecule has 7 heteroatoms. The maximum absolute atomic E-state index is 12.1. The van der Waals surface area contributed by atoms with E-state index in [1.165, 1.54) is 4.57 Å². The van der Waals surface area contributed by atoms with Gasteiger partial charge in [-0.2, -0.15) is 0 Å². The Kier molecular flexibility index (Phi) is 4.68. The molecular weight excluding hydrogens is 346 g/mol. The molecule has 0 fully saturated rings. The minimum absolute atomic E-state index is 0.102. The highest BCUT2D eigenvalue weighted by molar-refractivity contribution is 5.61. The van der Waals surface area contributed by atoms with E-state index in [4.69, 9.17) is 9.26 Å². The molecule has 0 spiro atoms. The van der Waals surface area contributed by atoms with Crippen molar-refractivity contribution in [3.8, 4) is 17.1 Å². The highest BCUT2D eigenvalue weighted by Crippen LogP contribution is 2.32. The largest absolute Gasteiger partial charge is 0.490 e. The van der Waals surface area contributed by atoms with Gasteiger partial charge >= 0.3 is 5.76 Å². The lowest BCUT2D eigenvalue weighted by molar-refractivity contribution is 0.153. The van der Waals surface area contributed by atoms with Crippen LogP contribution in [-0.4, -0.2) is 40.6 Å². The first-order valence-corrected chi connectivity index (χ1v) is 8.90. The number of fused-ring (bicyclic) bond motifs is 1. The van der Waals surface area contributed by atoms with Crippen molar-refractivity contribution in [2.75, 3.05) is 24.6 Å². The van der Waals surface area contributed by atoms with Gasteiger partial charge in [0.25, 0.3) is 0 Å². The van der Waals surface area contributed by atoms with Gasteiger partial charge in [-0.25, -0.2) is 4.79 Å². The van der Waals surface area contributed by atoms with Crippen LogP contribution in [0.25, 0.3) is 11.4 Å². The van der Waals surface area contributed by atoms with E-state index in [0.717, 1.165) is 22.6 Å². The van der Waals surface area contributed by atoms with Crippen molar-refractivity contribution in [3.63, 3.8) is 0 Å². The summed E-state index contributed by atoms with van der Waals surface area (Å²) >= 11 is 0. The Morgan fingerprint density at radius 2 is 2.00 bits per heavy atom. The van der Waals surface area contributed by atoms with Gasteiger partial charge in [0.1, 0.15) is 12.4 Å². The van der Waals surface area contributed by atoms with Gasteiger partial charge in [0.2, 0.25) is 0 Å². The zero-order chi connectivity index (χ0) is 18.8. The summed E-state index contributed by atoms with van der Waals surface area (Å²) in [6.07, 6.45) is -0.767. The molecule has 3 aromatic rings. The number of nitrogens with zero attached hydrogens (tertiary/aromatic N) is 3. The van der Waals surface area contributed by atoms with Crippen molar-refractivity contribution < 1.29 is 14.4 Å². The number of hydrogen-bond acceptors (Lipinski definition) is 6. The number of anilines is 1. The van der Waals surface area contributed by atoms with Crippen LogP contribution >= 0.6 is 0 Å². The molecule has 4 rings (SSSR count). The summed E-state index contributed by atoms with van der Waals surface area (Å²) in [6.45, 7) is 3.74. The molecule has 0 aliphatic carbocycles. The first kappa shape index (κ1) is 17.4. The van der Waals surface area contributed by atoms with Gasteiger partial charge in [-0.15, -0.1) is 0 Å². The van der Waals surface area contributed by atoms with E-state index in [-0.39, 0.29) is 6.54 Å². The number of aryl methyl sites for hydroxylation is 1. The number of ether oxygens (including phenoxy) is 1. The maximum Gasteiger partial charge on any atom is 0.441 e. The Morgan fingerprint density at radius 3 is 2.81 bits per heavy atom. The monoisotopic (exact) mass is 367 g/mol. The lowest BCUT2D eigenvalue weighted by Gasteiger charge is -2.33. The molecule has 0 amide bonds. The summed E-state index contributed by atoms with van der Waals surface area (Å²) in [7, 11) is 0. The number of hydrogen-bond donors (Lipinski definition) is 1. The second-order valence-corrected chi connectivity index (χ2v) is 6.67. The van der Waals surface area contributed by atoms with Gasteiger partial charge in [-0.1, -0.05) is 41.6 Å². The lowest BCUT2D eigenvalue weighted by Crippen LogP contribution is -2.40. The van der Waals surface area contributed by atoms with Gasteiger partial charge in [0, 0.05) is 12.1 Å². The van der Waals surface area contributed by atoms with E-state index >= 15 is 0 Å². The quantitative estimate of drug-likeness (QED) is 0.744. The summed E-state index contributed by atoms with van der Waals surface area (Å²) in [5, 5.41) is 14.5. The second-order valence-electron chi connectivity index (χ2n) is 6.67. The van der Waals surface area contributed by atoms with E-state index in [9.17, 15) is 9.90 Å². The standard InChI is InChI=1S/C20H21N3O4/c1-14-7-8-17-18(11-14)26-10-9-22(17)12-16(24)13-23-19(21-27-20(23)25)15-5-3-2-4-6-15/h2-8,11,16,24H,9-10,12-13H2,1H3. The molecule has 1 N–H and O–H groups in total. The fourth-order valence-corrected chi connectivity index (χ4v) is 3.32. The first-order chi connectivity index (χ1) is 13.1. The fraction of sp³-hybridized carbons (Fsp3) is 0.300. The SMILES string of the molecule is Cc1ccc2c(c1)OCCN2CC(O)Cn1c(-c2ccccc2)noc1=O. The Bertz CT molecular complexity index is 980. The number of aliphatic hydroxyl groups is 1. The van der Waals surface area contributed by atoms with Gasteiger partial charge in [-0.05, 0) is 24.6 Å². The Labute approximate surface area is 156 Å². The van der Waals surface area contributed by atoms with Crippen molar-refractivity contribution in [2.45, 2.75) is 19.6 Å². The summed E-state index contributed by atoms with van der Waals surface area (Å²) < 4.78 is 11.9. The molecule has 2 heterocycles. The maximum atomic E-state index is 12.1. The molecule has 1 aliphatic heterocycles. The molecule has 2 aromatic carbocycles. The molecule has 1 unspecified atom stereocenters. The van der Waals surface area contributed by atoms with E-state index < -0.39 is 11.9 Å². The van der Waals surface area contributed by atoms with E-state index in [2.05, 4.69) is 10.1 Å². The van der Waals surface area contributed by atoms with Crippen molar-refractivity contribution in [1.82, 2.24) is 9.72 Å². The van der Waals surface area contributed by atoms with Crippen LogP contribution < -0.4 is 15.4 Å². The molecule has 0 saturated heterocycles. The molecule has 1 aliphatic rings. The number of rotatable bonds is 5. The van der Waals surface area contributed by atoms with Crippen LogP contribution in [0.2, 0.25) is 0 Å². The lowest BCUT2D eigenvalue weighted by atomic mass is 10.1. The van der Waals surface area contributed by atoms with E-state index in [1.54, 1.807) is 0 Å². The van der Waals surface area contributed by atoms with Gasteiger partial charge in [-0.3, -0.25) is 9.09 Å². The topological polar surface area (TPSA) is 80.7 Å². The third kappa shape index (κ3) is 3.59. The van der Waals surface area contributed by atoms with E-state index in [1.807, 2.05) is 55.5 Å². The molecule has 0 radical (unpaired) electrons. The zero-order valence-electron chi connectivity index (χ0n) is 15.0. The molecule has 27 heavy (non-hydrogen) atoms. The van der Waals surface area contributed by atoms with E-state index in [0.29, 0.717) is 25.5 Å². The Balaban J connectivity index is 1.53. The van der Waals surface area contributed by atoms with Gasteiger partial charge in [0.15, 0.2) is 5.82 Å². The molecular formula is C20H21N3O4. The van der Waals surface area contributed by atoms with Gasteiger partial charge in [0.05, 0.1) is 24.9 Å². The third-order valence-electron chi connectivity index (χ3n) is 4.62. The average Bonchev–Trinajstić information content (AvgIpc) is 3.03. The summed E-state index contributed by atoms with van der Waals surface area (Å²) in [5.74, 6) is 0.657. The smallest absolute Gasteiger partial charge is 0.441 e. The number of aromatic nitrogens is 2. The van der Waals surface area contributed by atoms with Gasteiger partial charge < -0.3 is 14.7 Å². The van der Waals surface area contributed by atoms with Crippen molar-refractivity contribution in [2.24, 2.45) is 0 Å². The number of β-amino-alcohol motifs (C(OH)–C–C–N with tert-alkyl or cyclic N) is 1. The van der Waals surface area contributed by atoms with Crippen LogP contribution in [0.15, 0.2) is 57.8 Å². The average molecular weight is 367 g/mol. The molecule has 1 atom stereocenters. The van der Waals surface area contributed by atoms with Crippen LogP contribution in [-0.2, 0) is 6.54 Å². The molecule has 140 valence electrons. The Morgan fingerprint density at radius 1 is 1.19 bits per heavy atom. The van der Waals surface area contributed by atoms with Crippen LogP contribution in [0, 0.1) is 6.92 Å². The summed E-state index contributed by atoms with van der Waals surface area (Å²) in [5.41, 5.74) is 2.84. The van der Waals surface area contributed by atoms with Crippen molar-refractivity contribution >= 4 is 5.69 Å². The molecule has 7 nitrogen and oxygen atoms in total. The van der Waals surface area contributed by atoms with Crippen molar-refractivity contribution in [1.29, 1.82) is 0 Å². The van der Waals surface area contributed by atoms with Crippen LogP contribution in [0.3, 0.4) is 0 Å². The van der Waals surface area contributed by atoms with Crippen LogP contribution in [0.1, 0.15) is 5.56 Å². The predicted octanol–water partition coefficient (Wildman–Crippen LogP) is 2.07. The fourth-order valence-electron chi connectivity index (χ4n) is 3.32. The third-order valence-corrected chi connectivity index (χ3v) is 4.62. The molecule has 0 saturated carbocycles. The Hall–Kier alpha value is -3.06. The van der Waals surface area contributed by atoms with Crippen LogP contribution in [0.5, 0.6) is 5.75 Å². The predicted molar refractivity (Wildman–Crippen MR) is 101 cm³/mol. The summed E-state index contributed by atoms with van der Waals surface area (Å²) in [6, 6.07) is 15.3. The zero-order valence-corrected chi connectivity index (χ0v) is 15.0. The number of aliphatic hydroxyl groups excluding tert-OH is 1. The normalized spacial score (nSPS) is 14.5. The van der Waals surface area contributed by atoms with Crippen molar-refractivity contribution in [3.05, 3.63) is 64.6 Å². The molecule has 1 aromatic heterocycles.